The molecule has 0 heterocycles. The molecule has 0 aromatic heterocycles. The molecule has 1 saturated carbocycles. The number of carbonyl (C=O) groups is 1. The molecule has 0 radical (unpaired) electrons. The first-order valence-electron chi connectivity index (χ1n) is 5.23. The molecule has 0 saturated heterocycles. The zero-order valence-electron chi connectivity index (χ0n) is 8.34. The molecule has 3 nitrogen and oxygen atoms in total. The van der Waals surface area contributed by atoms with Gasteiger partial charge >= 0.3 is 5.43 Å². The van der Waals surface area contributed by atoms with Gasteiger partial charge in [-0.15, -0.1) is 0 Å². The van der Waals surface area contributed by atoms with Crippen LogP contribution < -0.4 is 0 Å². The van der Waals surface area contributed by atoms with E-state index in [-0.39, 0.29) is 0 Å². The molecule has 0 aliphatic heterocycles. The van der Waals surface area contributed by atoms with E-state index in [4.69, 9.17) is 16.3 Å². The highest BCUT2D eigenvalue weighted by atomic mass is 35.5. The minimum absolute atomic E-state index is 0.356. The van der Waals surface area contributed by atoms with E-state index < -0.39 is 5.43 Å². The summed E-state index contributed by atoms with van der Waals surface area (Å²) in [5.74, 6) is 0. The van der Waals surface area contributed by atoms with Gasteiger partial charge in [0.2, 0.25) is 0 Å². The van der Waals surface area contributed by atoms with Gasteiger partial charge in [0.15, 0.2) is 0 Å². The van der Waals surface area contributed by atoms with Crippen LogP contribution in [0.1, 0.15) is 38.5 Å². The Labute approximate surface area is 89.7 Å². The molecule has 0 unspecified atom stereocenters. The Bertz CT molecular complexity index is 167. The molecular formula is C10H17ClO3. The lowest BCUT2D eigenvalue weighted by Gasteiger charge is -2.21. The first-order chi connectivity index (χ1) is 6.79. The first-order valence-corrected chi connectivity index (χ1v) is 5.60. The molecule has 0 aromatic rings. The van der Waals surface area contributed by atoms with Crippen LogP contribution in [0.25, 0.3) is 0 Å². The standard InChI is InChI=1S/C10H17ClO3/c11-10(12)14-8-4-7-13-9-5-2-1-3-6-9/h9H,1-8H2. The van der Waals surface area contributed by atoms with Crippen LogP contribution in [0.5, 0.6) is 0 Å². The van der Waals surface area contributed by atoms with E-state index in [9.17, 15) is 4.79 Å². The summed E-state index contributed by atoms with van der Waals surface area (Å²) in [6, 6.07) is 0. The topological polar surface area (TPSA) is 35.5 Å². The number of halogens is 1. The zero-order chi connectivity index (χ0) is 10.2. The van der Waals surface area contributed by atoms with Crippen molar-refractivity contribution in [3.05, 3.63) is 0 Å². The number of ether oxygens (including phenoxy) is 2. The van der Waals surface area contributed by atoms with Crippen molar-refractivity contribution in [2.75, 3.05) is 13.2 Å². The molecule has 1 rings (SSSR count). The van der Waals surface area contributed by atoms with Crippen LogP contribution in [0.15, 0.2) is 0 Å². The summed E-state index contributed by atoms with van der Waals surface area (Å²) >= 11 is 5.00. The van der Waals surface area contributed by atoms with Crippen molar-refractivity contribution < 1.29 is 14.3 Å². The number of carbonyl (C=O) groups excluding carboxylic acids is 1. The van der Waals surface area contributed by atoms with Gasteiger partial charge in [-0.3, -0.25) is 0 Å². The van der Waals surface area contributed by atoms with E-state index in [0.717, 1.165) is 6.42 Å². The summed E-state index contributed by atoms with van der Waals surface area (Å²) < 4.78 is 10.2. The van der Waals surface area contributed by atoms with Gasteiger partial charge in [0.25, 0.3) is 0 Å². The van der Waals surface area contributed by atoms with Crippen LogP contribution in [0.3, 0.4) is 0 Å². The Hall–Kier alpha value is -0.280. The molecule has 0 bridgehead atoms. The minimum atomic E-state index is -0.734. The van der Waals surface area contributed by atoms with Gasteiger partial charge in [-0.05, 0) is 12.8 Å². The second-order valence-corrected chi connectivity index (χ2v) is 3.88. The third-order valence-electron chi connectivity index (χ3n) is 2.41. The Morgan fingerprint density at radius 1 is 1.21 bits per heavy atom. The predicted molar refractivity (Wildman–Crippen MR) is 54.6 cm³/mol. The smallest absolute Gasteiger partial charge is 0.403 e. The zero-order valence-corrected chi connectivity index (χ0v) is 9.09. The summed E-state index contributed by atoms with van der Waals surface area (Å²) in [5, 5.41) is 0. The Kier molecular flexibility index (Phi) is 5.96. The molecule has 1 fully saturated rings. The molecule has 82 valence electrons. The van der Waals surface area contributed by atoms with Crippen molar-refractivity contribution in [2.45, 2.75) is 44.6 Å². The van der Waals surface area contributed by atoms with Crippen LogP contribution in [-0.4, -0.2) is 24.7 Å². The van der Waals surface area contributed by atoms with Crippen LogP contribution in [0.2, 0.25) is 0 Å². The van der Waals surface area contributed by atoms with E-state index in [1.54, 1.807) is 0 Å². The fourth-order valence-corrected chi connectivity index (χ4v) is 1.77. The predicted octanol–water partition coefficient (Wildman–Crippen LogP) is 3.10. The minimum Gasteiger partial charge on any atom is -0.454 e. The fraction of sp³-hybridized carbons (Fsp3) is 0.900. The highest BCUT2D eigenvalue weighted by Crippen LogP contribution is 2.20. The molecule has 0 atom stereocenters. The Morgan fingerprint density at radius 2 is 1.93 bits per heavy atom. The summed E-state index contributed by atoms with van der Waals surface area (Å²) in [4.78, 5) is 10.2. The van der Waals surface area contributed by atoms with E-state index in [1.165, 1.54) is 32.1 Å². The number of rotatable bonds is 5. The van der Waals surface area contributed by atoms with Gasteiger partial charge in [-0.1, -0.05) is 19.3 Å². The van der Waals surface area contributed by atoms with E-state index in [2.05, 4.69) is 4.74 Å². The SMILES string of the molecule is O=C(Cl)OCCCOC1CCCCC1. The highest BCUT2D eigenvalue weighted by Gasteiger charge is 2.12. The maximum Gasteiger partial charge on any atom is 0.403 e. The summed E-state index contributed by atoms with van der Waals surface area (Å²) in [7, 11) is 0. The molecule has 0 N–H and O–H groups in total. The molecule has 1 aliphatic carbocycles. The first kappa shape index (κ1) is 11.8. The number of hydrogen-bond donors (Lipinski definition) is 0. The molecule has 1 aliphatic rings. The second-order valence-electron chi connectivity index (χ2n) is 3.57. The molecule has 4 heteroatoms. The average Bonchev–Trinajstić information content (AvgIpc) is 2.18. The third kappa shape index (κ3) is 5.45. The van der Waals surface area contributed by atoms with E-state index >= 15 is 0 Å². The van der Waals surface area contributed by atoms with E-state index in [0.29, 0.717) is 19.3 Å². The summed E-state index contributed by atoms with van der Waals surface area (Å²) in [6.45, 7) is 1.02. The van der Waals surface area contributed by atoms with Gasteiger partial charge in [0.1, 0.15) is 0 Å². The molecule has 14 heavy (non-hydrogen) atoms. The molecular weight excluding hydrogens is 204 g/mol. The van der Waals surface area contributed by atoms with Crippen LogP contribution >= 0.6 is 11.6 Å². The third-order valence-corrected chi connectivity index (χ3v) is 2.52. The lowest BCUT2D eigenvalue weighted by atomic mass is 9.98. The normalized spacial score (nSPS) is 18.1. The monoisotopic (exact) mass is 220 g/mol. The van der Waals surface area contributed by atoms with Crippen molar-refractivity contribution in [3.8, 4) is 0 Å². The largest absolute Gasteiger partial charge is 0.454 e. The second kappa shape index (κ2) is 7.07. The summed E-state index contributed by atoms with van der Waals surface area (Å²) in [5.41, 5.74) is -0.734. The van der Waals surface area contributed by atoms with Crippen molar-refractivity contribution in [1.29, 1.82) is 0 Å². The van der Waals surface area contributed by atoms with Gasteiger partial charge in [0, 0.05) is 18.0 Å². The maximum atomic E-state index is 10.2. The lowest BCUT2D eigenvalue weighted by molar-refractivity contribution is 0.0208. The fourth-order valence-electron chi connectivity index (χ4n) is 1.69. The number of hydrogen-bond acceptors (Lipinski definition) is 3. The summed E-state index contributed by atoms with van der Waals surface area (Å²) in [6.07, 6.45) is 7.40. The maximum absolute atomic E-state index is 10.2. The van der Waals surface area contributed by atoms with Crippen LogP contribution in [-0.2, 0) is 9.47 Å². The van der Waals surface area contributed by atoms with Crippen molar-refractivity contribution >= 4 is 17.0 Å². The van der Waals surface area contributed by atoms with Crippen molar-refractivity contribution in [1.82, 2.24) is 0 Å². The van der Waals surface area contributed by atoms with Crippen molar-refractivity contribution in [3.63, 3.8) is 0 Å². The Morgan fingerprint density at radius 3 is 2.57 bits per heavy atom. The highest BCUT2D eigenvalue weighted by molar-refractivity contribution is 6.61. The molecule has 0 aromatic carbocycles. The van der Waals surface area contributed by atoms with Crippen LogP contribution in [0.4, 0.5) is 4.79 Å². The molecule has 0 amide bonds. The van der Waals surface area contributed by atoms with Crippen LogP contribution in [0, 0.1) is 0 Å². The van der Waals surface area contributed by atoms with Gasteiger partial charge in [-0.2, -0.15) is 0 Å². The van der Waals surface area contributed by atoms with Crippen molar-refractivity contribution in [2.24, 2.45) is 0 Å². The van der Waals surface area contributed by atoms with E-state index in [1.807, 2.05) is 0 Å². The Balaban J connectivity index is 1.90. The average molecular weight is 221 g/mol. The quantitative estimate of drug-likeness (QED) is 0.528. The van der Waals surface area contributed by atoms with Gasteiger partial charge in [-0.25, -0.2) is 4.79 Å². The van der Waals surface area contributed by atoms with Gasteiger partial charge in [0.05, 0.1) is 19.3 Å². The lowest BCUT2D eigenvalue weighted by Crippen LogP contribution is -2.17. The van der Waals surface area contributed by atoms with Gasteiger partial charge < -0.3 is 9.47 Å². The molecule has 0 spiro atoms.